The standard InChI is InChI=1S/C22H19NO6S/c1-2-28-16-11-13(7-8-15(16)24)19-18(20(25)17-6-4-10-30-17)21(26)22(27)23(19)12-14-5-3-9-29-14/h3-11,19,24,26H,2,12H2,1H3. The maximum Gasteiger partial charge on any atom is 0.290 e. The summed E-state index contributed by atoms with van der Waals surface area (Å²) in [5.41, 5.74) is 0.516. The summed E-state index contributed by atoms with van der Waals surface area (Å²) in [5, 5.41) is 22.5. The van der Waals surface area contributed by atoms with Gasteiger partial charge in [-0.05, 0) is 48.2 Å². The molecule has 154 valence electrons. The number of carbonyl (C=O) groups excluding carboxylic acids is 2. The summed E-state index contributed by atoms with van der Waals surface area (Å²) in [6.07, 6.45) is 1.49. The number of thiophene rings is 1. The highest BCUT2D eigenvalue weighted by molar-refractivity contribution is 7.12. The fourth-order valence-electron chi connectivity index (χ4n) is 3.48. The topological polar surface area (TPSA) is 100 Å². The van der Waals surface area contributed by atoms with Crippen LogP contribution in [0, 0.1) is 0 Å². The summed E-state index contributed by atoms with van der Waals surface area (Å²) in [5.74, 6) is -0.988. The van der Waals surface area contributed by atoms with Crippen molar-refractivity contribution < 1.29 is 29.0 Å². The summed E-state index contributed by atoms with van der Waals surface area (Å²) in [7, 11) is 0. The van der Waals surface area contributed by atoms with Gasteiger partial charge in [0.2, 0.25) is 5.78 Å². The Labute approximate surface area is 176 Å². The number of phenolic OH excluding ortho intramolecular Hbond substituents is 1. The normalized spacial score (nSPS) is 16.4. The molecule has 1 aliphatic rings. The summed E-state index contributed by atoms with van der Waals surface area (Å²) >= 11 is 1.23. The number of hydrogen-bond acceptors (Lipinski definition) is 7. The summed E-state index contributed by atoms with van der Waals surface area (Å²) < 4.78 is 10.8. The molecule has 3 heterocycles. The number of furan rings is 1. The maximum absolute atomic E-state index is 13.2. The molecular weight excluding hydrogens is 406 g/mol. The SMILES string of the molecule is CCOc1cc(C2C(C(=O)c3cccs3)=C(O)C(=O)N2Cc2ccco2)ccc1O. The quantitative estimate of drug-likeness (QED) is 0.550. The van der Waals surface area contributed by atoms with Gasteiger partial charge in [0.25, 0.3) is 5.91 Å². The molecule has 0 saturated heterocycles. The van der Waals surface area contributed by atoms with Gasteiger partial charge in [0.1, 0.15) is 5.76 Å². The highest BCUT2D eigenvalue weighted by Gasteiger charge is 2.44. The highest BCUT2D eigenvalue weighted by Crippen LogP contribution is 2.42. The number of ketones is 1. The van der Waals surface area contributed by atoms with Crippen molar-refractivity contribution in [3.05, 3.63) is 81.6 Å². The average Bonchev–Trinajstić information content (AvgIpc) is 3.48. The fourth-order valence-corrected chi connectivity index (χ4v) is 4.16. The molecule has 8 heteroatoms. The molecule has 0 aliphatic carbocycles. The Morgan fingerprint density at radius 1 is 1.23 bits per heavy atom. The van der Waals surface area contributed by atoms with Crippen molar-refractivity contribution in [1.29, 1.82) is 0 Å². The number of amides is 1. The number of benzene rings is 1. The Bertz CT molecular complexity index is 1100. The first-order valence-electron chi connectivity index (χ1n) is 9.31. The van der Waals surface area contributed by atoms with E-state index < -0.39 is 23.5 Å². The van der Waals surface area contributed by atoms with Gasteiger partial charge in [0.05, 0.1) is 35.9 Å². The van der Waals surface area contributed by atoms with Crippen LogP contribution < -0.4 is 4.74 Å². The Balaban J connectivity index is 1.82. The number of nitrogens with zero attached hydrogens (tertiary/aromatic N) is 1. The zero-order chi connectivity index (χ0) is 21.3. The van der Waals surface area contributed by atoms with E-state index in [-0.39, 0.29) is 23.6 Å². The molecule has 0 bridgehead atoms. The van der Waals surface area contributed by atoms with E-state index in [1.165, 1.54) is 28.6 Å². The predicted octanol–water partition coefficient (Wildman–Crippen LogP) is 4.22. The van der Waals surface area contributed by atoms with Crippen LogP contribution in [-0.2, 0) is 11.3 Å². The van der Waals surface area contributed by atoms with E-state index in [2.05, 4.69) is 0 Å². The third kappa shape index (κ3) is 3.46. The van der Waals surface area contributed by atoms with E-state index in [0.717, 1.165) is 0 Å². The molecule has 0 radical (unpaired) electrons. The number of ether oxygens (including phenoxy) is 1. The summed E-state index contributed by atoms with van der Waals surface area (Å²) in [6, 6.07) is 10.5. The number of Topliss-reactive ketones (excluding diaryl/α,β-unsaturated/α-hetero) is 1. The lowest BCUT2D eigenvalue weighted by Crippen LogP contribution is -2.30. The Morgan fingerprint density at radius 3 is 2.73 bits per heavy atom. The van der Waals surface area contributed by atoms with Gasteiger partial charge < -0.3 is 24.3 Å². The number of hydrogen-bond donors (Lipinski definition) is 2. The second kappa shape index (κ2) is 8.08. The van der Waals surface area contributed by atoms with Crippen LogP contribution in [0.15, 0.2) is 69.9 Å². The molecule has 3 aromatic rings. The molecule has 2 aromatic heterocycles. The predicted molar refractivity (Wildman–Crippen MR) is 110 cm³/mol. The zero-order valence-corrected chi connectivity index (χ0v) is 16.9. The molecule has 1 aliphatic heterocycles. The van der Waals surface area contributed by atoms with Gasteiger partial charge in [0, 0.05) is 0 Å². The van der Waals surface area contributed by atoms with Crippen molar-refractivity contribution in [2.24, 2.45) is 0 Å². The first-order chi connectivity index (χ1) is 14.5. The third-order valence-corrected chi connectivity index (χ3v) is 5.67. The molecule has 1 unspecified atom stereocenters. The lowest BCUT2D eigenvalue weighted by atomic mass is 9.95. The summed E-state index contributed by atoms with van der Waals surface area (Å²) in [4.78, 5) is 27.9. The van der Waals surface area contributed by atoms with E-state index in [1.807, 2.05) is 0 Å². The van der Waals surface area contributed by atoms with E-state index in [0.29, 0.717) is 22.8 Å². The fraction of sp³-hybridized carbons (Fsp3) is 0.182. The molecule has 0 saturated carbocycles. The number of aromatic hydroxyl groups is 1. The Hall–Kier alpha value is -3.52. The van der Waals surface area contributed by atoms with E-state index in [9.17, 15) is 19.8 Å². The Kier molecular flexibility index (Phi) is 5.33. The van der Waals surface area contributed by atoms with Crippen molar-refractivity contribution >= 4 is 23.0 Å². The lowest BCUT2D eigenvalue weighted by molar-refractivity contribution is -0.130. The van der Waals surface area contributed by atoms with Gasteiger partial charge >= 0.3 is 0 Å². The lowest BCUT2D eigenvalue weighted by Gasteiger charge is -2.26. The van der Waals surface area contributed by atoms with Gasteiger partial charge in [0.15, 0.2) is 17.3 Å². The van der Waals surface area contributed by atoms with Gasteiger partial charge in [-0.15, -0.1) is 11.3 Å². The zero-order valence-electron chi connectivity index (χ0n) is 16.1. The van der Waals surface area contributed by atoms with Crippen LogP contribution in [0.1, 0.15) is 34.0 Å². The smallest absolute Gasteiger partial charge is 0.290 e. The van der Waals surface area contributed by atoms with E-state index in [1.54, 1.807) is 48.7 Å². The Morgan fingerprint density at radius 2 is 2.07 bits per heavy atom. The van der Waals surface area contributed by atoms with Gasteiger partial charge in [-0.3, -0.25) is 9.59 Å². The van der Waals surface area contributed by atoms with Crippen LogP contribution >= 0.6 is 11.3 Å². The molecule has 0 spiro atoms. The van der Waals surface area contributed by atoms with E-state index >= 15 is 0 Å². The number of aliphatic hydroxyl groups excluding tert-OH is 1. The number of aliphatic hydroxyl groups is 1. The van der Waals surface area contributed by atoms with Crippen LogP contribution in [0.3, 0.4) is 0 Å². The number of rotatable bonds is 7. The van der Waals surface area contributed by atoms with Crippen LogP contribution in [0.4, 0.5) is 0 Å². The van der Waals surface area contributed by atoms with Gasteiger partial charge in [-0.25, -0.2) is 0 Å². The first kappa shape index (κ1) is 19.8. The first-order valence-corrected chi connectivity index (χ1v) is 10.2. The van der Waals surface area contributed by atoms with Crippen LogP contribution in [-0.4, -0.2) is 33.4 Å². The van der Waals surface area contributed by atoms with E-state index in [4.69, 9.17) is 9.15 Å². The molecule has 1 amide bonds. The second-order valence-corrected chi connectivity index (χ2v) is 7.59. The molecule has 30 heavy (non-hydrogen) atoms. The molecule has 7 nitrogen and oxygen atoms in total. The minimum Gasteiger partial charge on any atom is -0.504 e. The van der Waals surface area contributed by atoms with Crippen molar-refractivity contribution in [1.82, 2.24) is 4.90 Å². The largest absolute Gasteiger partial charge is 0.504 e. The van der Waals surface area contributed by atoms with Crippen molar-refractivity contribution in [3.8, 4) is 11.5 Å². The maximum atomic E-state index is 13.2. The van der Waals surface area contributed by atoms with Crippen molar-refractivity contribution in [2.75, 3.05) is 6.61 Å². The van der Waals surface area contributed by atoms with Crippen molar-refractivity contribution in [2.45, 2.75) is 19.5 Å². The minimum absolute atomic E-state index is 0.0119. The number of phenols is 1. The molecule has 1 atom stereocenters. The van der Waals surface area contributed by atoms with Crippen molar-refractivity contribution in [3.63, 3.8) is 0 Å². The molecule has 1 aromatic carbocycles. The van der Waals surface area contributed by atoms with Crippen LogP contribution in [0.2, 0.25) is 0 Å². The molecule has 4 rings (SSSR count). The third-order valence-electron chi connectivity index (χ3n) is 4.80. The monoisotopic (exact) mass is 425 g/mol. The number of carbonyl (C=O) groups is 2. The van der Waals surface area contributed by atoms with Crippen LogP contribution in [0.5, 0.6) is 11.5 Å². The second-order valence-electron chi connectivity index (χ2n) is 6.64. The minimum atomic E-state index is -0.864. The molecule has 0 fully saturated rings. The van der Waals surface area contributed by atoms with Crippen LogP contribution in [0.25, 0.3) is 0 Å². The summed E-state index contributed by atoms with van der Waals surface area (Å²) in [6.45, 7) is 2.18. The van der Waals surface area contributed by atoms with Gasteiger partial charge in [-0.1, -0.05) is 12.1 Å². The van der Waals surface area contributed by atoms with Gasteiger partial charge in [-0.2, -0.15) is 0 Å². The molecule has 2 N–H and O–H groups in total. The molecular formula is C22H19NO6S. The highest BCUT2D eigenvalue weighted by atomic mass is 32.1. The average molecular weight is 425 g/mol.